The molecule has 6 heteroatoms. The van der Waals surface area contributed by atoms with Gasteiger partial charge in [0.1, 0.15) is 11.9 Å². The molecular weight excluding hydrogens is 318 g/mol. The summed E-state index contributed by atoms with van der Waals surface area (Å²) in [5.41, 5.74) is 2.33. The monoisotopic (exact) mass is 341 g/mol. The van der Waals surface area contributed by atoms with Crippen LogP contribution >= 0.6 is 0 Å². The Labute approximate surface area is 147 Å². The zero-order valence-corrected chi connectivity index (χ0v) is 14.9. The van der Waals surface area contributed by atoms with Crippen molar-refractivity contribution in [2.75, 3.05) is 20.2 Å². The summed E-state index contributed by atoms with van der Waals surface area (Å²) >= 11 is 0. The van der Waals surface area contributed by atoms with Crippen molar-refractivity contribution in [3.8, 4) is 11.8 Å². The number of rotatable bonds is 4. The van der Waals surface area contributed by atoms with Gasteiger partial charge >= 0.3 is 6.01 Å². The van der Waals surface area contributed by atoms with Crippen molar-refractivity contribution in [2.45, 2.75) is 32.8 Å². The number of likely N-dealkylation sites (tertiary alicyclic amines) is 1. The predicted molar refractivity (Wildman–Crippen MR) is 94.1 cm³/mol. The SMILES string of the molecule is COc1ccccc1C(=O)N1CCC[C@@H](Oc2nc(C)cc(C)n2)C1. The van der Waals surface area contributed by atoms with Gasteiger partial charge in [-0.25, -0.2) is 9.97 Å². The van der Waals surface area contributed by atoms with E-state index in [0.29, 0.717) is 30.4 Å². The summed E-state index contributed by atoms with van der Waals surface area (Å²) in [6, 6.07) is 9.58. The van der Waals surface area contributed by atoms with Gasteiger partial charge in [0, 0.05) is 17.9 Å². The first kappa shape index (κ1) is 17.2. The van der Waals surface area contributed by atoms with Gasteiger partial charge in [0.05, 0.1) is 19.2 Å². The molecule has 0 saturated carbocycles. The number of carbonyl (C=O) groups excluding carboxylic acids is 1. The van der Waals surface area contributed by atoms with Crippen LogP contribution in [0, 0.1) is 13.8 Å². The summed E-state index contributed by atoms with van der Waals surface area (Å²) in [6.45, 7) is 5.07. The van der Waals surface area contributed by atoms with Gasteiger partial charge in [-0.05, 0) is 44.9 Å². The van der Waals surface area contributed by atoms with Crippen molar-refractivity contribution in [2.24, 2.45) is 0 Å². The fourth-order valence-electron chi connectivity index (χ4n) is 3.11. The molecule has 1 saturated heterocycles. The number of aromatic nitrogens is 2. The molecular formula is C19H23N3O3. The minimum absolute atomic E-state index is 0.0351. The van der Waals surface area contributed by atoms with E-state index in [4.69, 9.17) is 9.47 Å². The van der Waals surface area contributed by atoms with Gasteiger partial charge in [0.2, 0.25) is 0 Å². The predicted octanol–water partition coefficient (Wildman–Crippen LogP) is 2.79. The first-order valence-corrected chi connectivity index (χ1v) is 8.48. The van der Waals surface area contributed by atoms with Crippen molar-refractivity contribution in [1.29, 1.82) is 0 Å². The first-order valence-electron chi connectivity index (χ1n) is 8.48. The Kier molecular flexibility index (Phi) is 5.16. The molecule has 3 rings (SSSR count). The molecule has 2 heterocycles. The normalized spacial score (nSPS) is 17.2. The molecule has 132 valence electrons. The first-order chi connectivity index (χ1) is 12.1. The molecule has 0 aliphatic carbocycles. The lowest BCUT2D eigenvalue weighted by Crippen LogP contribution is -2.44. The van der Waals surface area contributed by atoms with Crippen molar-refractivity contribution < 1.29 is 14.3 Å². The molecule has 2 aromatic rings. The summed E-state index contributed by atoms with van der Waals surface area (Å²) in [6.07, 6.45) is 1.66. The van der Waals surface area contributed by atoms with E-state index in [9.17, 15) is 4.79 Å². The van der Waals surface area contributed by atoms with Crippen LogP contribution in [0.1, 0.15) is 34.6 Å². The number of hydrogen-bond donors (Lipinski definition) is 0. The molecule has 25 heavy (non-hydrogen) atoms. The van der Waals surface area contributed by atoms with Crippen molar-refractivity contribution in [3.63, 3.8) is 0 Å². The van der Waals surface area contributed by atoms with E-state index in [-0.39, 0.29) is 12.0 Å². The third kappa shape index (κ3) is 4.07. The summed E-state index contributed by atoms with van der Waals surface area (Å²) in [5.74, 6) is 0.556. The Hall–Kier alpha value is -2.63. The zero-order chi connectivity index (χ0) is 17.8. The maximum Gasteiger partial charge on any atom is 0.317 e. The second kappa shape index (κ2) is 7.51. The van der Waals surface area contributed by atoms with Gasteiger partial charge < -0.3 is 14.4 Å². The Bertz CT molecular complexity index is 743. The Morgan fingerprint density at radius 3 is 2.64 bits per heavy atom. The third-order valence-corrected chi connectivity index (χ3v) is 4.24. The van der Waals surface area contributed by atoms with E-state index in [2.05, 4.69) is 9.97 Å². The maximum atomic E-state index is 12.8. The fraction of sp³-hybridized carbons (Fsp3) is 0.421. The summed E-state index contributed by atoms with van der Waals surface area (Å²) in [7, 11) is 1.58. The van der Waals surface area contributed by atoms with Crippen molar-refractivity contribution in [3.05, 3.63) is 47.3 Å². The maximum absolute atomic E-state index is 12.8. The lowest BCUT2D eigenvalue weighted by Gasteiger charge is -2.32. The third-order valence-electron chi connectivity index (χ3n) is 4.24. The summed E-state index contributed by atoms with van der Waals surface area (Å²) in [4.78, 5) is 23.3. The van der Waals surface area contributed by atoms with Crippen LogP contribution in [0.3, 0.4) is 0 Å². The van der Waals surface area contributed by atoms with E-state index >= 15 is 0 Å². The standard InChI is InChI=1S/C19H23N3O3/c1-13-11-14(2)21-19(20-13)25-15-7-6-10-22(12-15)18(23)16-8-4-5-9-17(16)24-3/h4-5,8-9,11,15H,6-7,10,12H2,1-3H3/t15-/m1/s1. The quantitative estimate of drug-likeness (QED) is 0.855. The van der Waals surface area contributed by atoms with E-state index in [1.165, 1.54) is 0 Å². The second-order valence-corrected chi connectivity index (χ2v) is 6.27. The molecule has 1 atom stereocenters. The van der Waals surface area contributed by atoms with Gasteiger partial charge in [0.25, 0.3) is 5.91 Å². The van der Waals surface area contributed by atoms with E-state index in [1.54, 1.807) is 19.2 Å². The van der Waals surface area contributed by atoms with Crippen LogP contribution in [-0.4, -0.2) is 47.1 Å². The number of benzene rings is 1. The zero-order valence-electron chi connectivity index (χ0n) is 14.9. The van der Waals surface area contributed by atoms with Gasteiger partial charge in [-0.1, -0.05) is 12.1 Å². The second-order valence-electron chi connectivity index (χ2n) is 6.27. The molecule has 0 bridgehead atoms. The molecule has 1 aliphatic heterocycles. The van der Waals surface area contributed by atoms with Crippen LogP contribution in [-0.2, 0) is 0 Å². The number of piperidine rings is 1. The van der Waals surface area contributed by atoms with Crippen LogP contribution in [0.4, 0.5) is 0 Å². The highest BCUT2D eigenvalue weighted by molar-refractivity contribution is 5.97. The average Bonchev–Trinajstić information content (AvgIpc) is 2.60. The van der Waals surface area contributed by atoms with Crippen LogP contribution in [0.25, 0.3) is 0 Å². The van der Waals surface area contributed by atoms with E-state index in [1.807, 2.05) is 36.9 Å². The van der Waals surface area contributed by atoms with Crippen LogP contribution in [0.15, 0.2) is 30.3 Å². The fourth-order valence-corrected chi connectivity index (χ4v) is 3.11. The lowest BCUT2D eigenvalue weighted by molar-refractivity contribution is 0.0512. The summed E-state index contributed by atoms with van der Waals surface area (Å²) in [5, 5.41) is 0. The molecule has 1 aliphatic rings. The molecule has 1 aromatic heterocycles. The molecule has 1 amide bonds. The van der Waals surface area contributed by atoms with Gasteiger partial charge in [-0.15, -0.1) is 0 Å². The number of nitrogens with zero attached hydrogens (tertiary/aromatic N) is 3. The number of carbonyl (C=O) groups is 1. The van der Waals surface area contributed by atoms with Crippen LogP contribution < -0.4 is 9.47 Å². The van der Waals surface area contributed by atoms with E-state index < -0.39 is 0 Å². The largest absolute Gasteiger partial charge is 0.496 e. The van der Waals surface area contributed by atoms with Crippen LogP contribution in [0.5, 0.6) is 11.8 Å². The number of amides is 1. The number of methoxy groups -OCH3 is 1. The number of ether oxygens (including phenoxy) is 2. The van der Waals surface area contributed by atoms with Gasteiger partial charge in [0.15, 0.2) is 0 Å². The molecule has 1 aromatic carbocycles. The van der Waals surface area contributed by atoms with Gasteiger partial charge in [-0.2, -0.15) is 0 Å². The Morgan fingerprint density at radius 2 is 1.92 bits per heavy atom. The topological polar surface area (TPSA) is 64.5 Å². The molecule has 6 nitrogen and oxygen atoms in total. The smallest absolute Gasteiger partial charge is 0.317 e. The highest BCUT2D eigenvalue weighted by Gasteiger charge is 2.27. The molecule has 0 spiro atoms. The molecule has 1 fully saturated rings. The molecule has 0 radical (unpaired) electrons. The number of aryl methyl sites for hydroxylation is 2. The minimum Gasteiger partial charge on any atom is -0.496 e. The molecule has 0 unspecified atom stereocenters. The van der Waals surface area contributed by atoms with Crippen LogP contribution in [0.2, 0.25) is 0 Å². The van der Waals surface area contributed by atoms with Crippen molar-refractivity contribution in [1.82, 2.24) is 14.9 Å². The molecule has 0 N–H and O–H groups in total. The Balaban J connectivity index is 1.71. The number of hydrogen-bond acceptors (Lipinski definition) is 5. The average molecular weight is 341 g/mol. The Morgan fingerprint density at radius 1 is 1.20 bits per heavy atom. The summed E-state index contributed by atoms with van der Waals surface area (Å²) < 4.78 is 11.2. The van der Waals surface area contributed by atoms with Crippen molar-refractivity contribution >= 4 is 5.91 Å². The van der Waals surface area contributed by atoms with Gasteiger partial charge in [-0.3, -0.25) is 4.79 Å². The highest BCUT2D eigenvalue weighted by atomic mass is 16.5. The van der Waals surface area contributed by atoms with E-state index in [0.717, 1.165) is 24.2 Å². The minimum atomic E-state index is -0.103. The number of para-hydroxylation sites is 1. The highest BCUT2D eigenvalue weighted by Crippen LogP contribution is 2.23. The lowest BCUT2D eigenvalue weighted by atomic mass is 10.1.